The van der Waals surface area contributed by atoms with Gasteiger partial charge in [-0.25, -0.2) is 4.79 Å². The summed E-state index contributed by atoms with van der Waals surface area (Å²) in [5.41, 5.74) is -4.24. The van der Waals surface area contributed by atoms with Crippen LogP contribution in [0.3, 0.4) is 0 Å². The molecule has 1 aliphatic heterocycles. The molecule has 210 valence electrons. The minimum atomic E-state index is -5.04. The van der Waals surface area contributed by atoms with E-state index in [1.807, 2.05) is 0 Å². The Kier molecular flexibility index (Phi) is 8.30. The van der Waals surface area contributed by atoms with E-state index >= 15 is 0 Å². The quantitative estimate of drug-likeness (QED) is 0.379. The van der Waals surface area contributed by atoms with Gasteiger partial charge < -0.3 is 10.1 Å². The highest BCUT2D eigenvalue weighted by Gasteiger charge is 2.40. The van der Waals surface area contributed by atoms with Crippen LogP contribution in [0.1, 0.15) is 67.5 Å². The SMILES string of the molecule is CC[C@H]1C[C@@H](NCc2cc(C(F)(F)F)cc(C(F)(F)F)c2)c2cc(C(F)(F)F)ccc2N1C(=O)OC(C)C. The highest BCUT2D eigenvalue weighted by molar-refractivity contribution is 5.90. The van der Waals surface area contributed by atoms with Crippen LogP contribution >= 0.6 is 0 Å². The van der Waals surface area contributed by atoms with E-state index in [-0.39, 0.29) is 29.3 Å². The summed E-state index contributed by atoms with van der Waals surface area (Å²) in [6, 6.07) is 2.37. The number of ether oxygens (including phenoxy) is 1. The molecule has 0 unspecified atom stereocenters. The molecule has 3 rings (SSSR count). The first-order valence-electron chi connectivity index (χ1n) is 11.6. The number of fused-ring (bicyclic) bond motifs is 1. The van der Waals surface area contributed by atoms with Crippen molar-refractivity contribution in [3.05, 3.63) is 64.2 Å². The predicted molar refractivity (Wildman–Crippen MR) is 120 cm³/mol. The van der Waals surface area contributed by atoms with E-state index in [2.05, 4.69) is 5.32 Å². The maximum atomic E-state index is 13.5. The predicted octanol–water partition coefficient (Wildman–Crippen LogP) is 8.11. The van der Waals surface area contributed by atoms with Gasteiger partial charge in [0.1, 0.15) is 0 Å². The molecule has 2 aromatic rings. The number of nitrogens with one attached hydrogen (secondary N) is 1. The van der Waals surface area contributed by atoms with Gasteiger partial charge in [0, 0.05) is 18.6 Å². The molecular weight excluding hydrogens is 531 g/mol. The number of rotatable bonds is 5. The van der Waals surface area contributed by atoms with Crippen molar-refractivity contribution >= 4 is 11.8 Å². The Hall–Kier alpha value is -2.96. The lowest BCUT2D eigenvalue weighted by Crippen LogP contribution is -2.47. The summed E-state index contributed by atoms with van der Waals surface area (Å²) in [5.74, 6) is 0. The number of carbonyl (C=O) groups excluding carboxylic acids is 1. The van der Waals surface area contributed by atoms with Crippen molar-refractivity contribution in [3.8, 4) is 0 Å². The lowest BCUT2D eigenvalue weighted by atomic mass is 9.88. The number of anilines is 1. The normalized spacial score (nSPS) is 18.5. The fourth-order valence-corrected chi connectivity index (χ4v) is 4.34. The zero-order chi connectivity index (χ0) is 28.6. The Labute approximate surface area is 212 Å². The van der Waals surface area contributed by atoms with Gasteiger partial charge in [-0.1, -0.05) is 6.92 Å². The number of amides is 1. The summed E-state index contributed by atoms with van der Waals surface area (Å²) in [6.45, 7) is 4.44. The molecule has 1 amide bonds. The van der Waals surface area contributed by atoms with Gasteiger partial charge in [-0.15, -0.1) is 0 Å². The van der Waals surface area contributed by atoms with Crippen molar-refractivity contribution in [2.24, 2.45) is 0 Å². The van der Waals surface area contributed by atoms with Gasteiger partial charge in [0.25, 0.3) is 0 Å². The number of alkyl halides is 9. The molecule has 1 aliphatic rings. The Balaban J connectivity index is 2.03. The highest BCUT2D eigenvalue weighted by atomic mass is 19.4. The van der Waals surface area contributed by atoms with Crippen LogP contribution in [0.25, 0.3) is 0 Å². The van der Waals surface area contributed by atoms with E-state index in [1.165, 1.54) is 4.90 Å². The van der Waals surface area contributed by atoms with E-state index in [1.54, 1.807) is 20.8 Å². The largest absolute Gasteiger partial charge is 0.446 e. The molecule has 38 heavy (non-hydrogen) atoms. The fourth-order valence-electron chi connectivity index (χ4n) is 4.34. The average Bonchev–Trinajstić information content (AvgIpc) is 2.79. The minimum absolute atomic E-state index is 0.000342. The average molecular weight is 556 g/mol. The van der Waals surface area contributed by atoms with Gasteiger partial charge in [-0.3, -0.25) is 4.90 Å². The van der Waals surface area contributed by atoms with Crippen molar-refractivity contribution in [3.63, 3.8) is 0 Å². The molecule has 2 aromatic carbocycles. The topological polar surface area (TPSA) is 41.6 Å². The first kappa shape index (κ1) is 29.6. The van der Waals surface area contributed by atoms with Gasteiger partial charge in [-0.2, -0.15) is 39.5 Å². The van der Waals surface area contributed by atoms with Crippen LogP contribution in [0.15, 0.2) is 36.4 Å². The van der Waals surface area contributed by atoms with Crippen molar-refractivity contribution in [2.75, 3.05) is 4.90 Å². The number of hydrogen-bond acceptors (Lipinski definition) is 3. The van der Waals surface area contributed by atoms with E-state index in [0.29, 0.717) is 18.6 Å². The summed E-state index contributed by atoms with van der Waals surface area (Å²) < 4.78 is 125. The lowest BCUT2D eigenvalue weighted by Gasteiger charge is -2.41. The second-order valence-corrected chi connectivity index (χ2v) is 9.22. The molecule has 4 nitrogen and oxygen atoms in total. The van der Waals surface area contributed by atoms with E-state index in [4.69, 9.17) is 4.74 Å². The third-order valence-corrected chi connectivity index (χ3v) is 6.07. The Morgan fingerprint density at radius 3 is 1.95 bits per heavy atom. The molecular formula is C25H25F9N2O2. The number of benzene rings is 2. The molecule has 0 fully saturated rings. The van der Waals surface area contributed by atoms with Crippen LogP contribution in [0.5, 0.6) is 0 Å². The highest BCUT2D eigenvalue weighted by Crippen LogP contribution is 2.42. The first-order chi connectivity index (χ1) is 17.4. The molecule has 1 N–H and O–H groups in total. The van der Waals surface area contributed by atoms with Gasteiger partial charge in [0.2, 0.25) is 0 Å². The molecule has 1 heterocycles. The molecule has 0 spiro atoms. The van der Waals surface area contributed by atoms with Gasteiger partial charge in [0.15, 0.2) is 0 Å². The molecule has 2 atom stereocenters. The standard InChI is InChI=1S/C25H25F9N2O2/c1-4-18-11-20(35-12-14-7-16(24(29,30)31)9-17(8-14)25(32,33)34)19-10-15(23(26,27)28)5-6-21(19)36(18)22(37)38-13(2)3/h5-10,13,18,20,35H,4,11-12H2,1-3H3/t18-,20+/m0/s1. The summed E-state index contributed by atoms with van der Waals surface area (Å²) in [6.07, 6.45) is -15.7. The molecule has 0 aromatic heterocycles. The zero-order valence-electron chi connectivity index (χ0n) is 20.5. The molecule has 0 radical (unpaired) electrons. The van der Waals surface area contributed by atoms with Crippen LogP contribution in [0, 0.1) is 0 Å². The second-order valence-electron chi connectivity index (χ2n) is 9.22. The number of carbonyl (C=O) groups is 1. The summed E-state index contributed by atoms with van der Waals surface area (Å²) in [7, 11) is 0. The van der Waals surface area contributed by atoms with Crippen molar-refractivity contribution in [1.29, 1.82) is 0 Å². The van der Waals surface area contributed by atoms with Crippen LogP contribution in [0.4, 0.5) is 50.0 Å². The first-order valence-corrected chi connectivity index (χ1v) is 11.6. The molecule has 0 bridgehead atoms. The third-order valence-electron chi connectivity index (χ3n) is 6.07. The maximum absolute atomic E-state index is 13.5. The van der Waals surface area contributed by atoms with Crippen LogP contribution in [0.2, 0.25) is 0 Å². The van der Waals surface area contributed by atoms with Crippen LogP contribution in [-0.4, -0.2) is 18.2 Å². The second kappa shape index (κ2) is 10.7. The number of nitrogens with zero attached hydrogens (tertiary/aromatic N) is 1. The van der Waals surface area contributed by atoms with Gasteiger partial charge in [0.05, 0.1) is 28.5 Å². The van der Waals surface area contributed by atoms with Gasteiger partial charge >= 0.3 is 24.6 Å². The zero-order valence-corrected chi connectivity index (χ0v) is 20.5. The Bertz CT molecular complexity index is 1120. The maximum Gasteiger partial charge on any atom is 0.416 e. The van der Waals surface area contributed by atoms with Crippen molar-refractivity contribution < 1.29 is 49.0 Å². The van der Waals surface area contributed by atoms with E-state index in [9.17, 15) is 44.3 Å². The lowest BCUT2D eigenvalue weighted by molar-refractivity contribution is -0.143. The summed E-state index contributed by atoms with van der Waals surface area (Å²) in [4.78, 5) is 14.1. The summed E-state index contributed by atoms with van der Waals surface area (Å²) >= 11 is 0. The van der Waals surface area contributed by atoms with Crippen molar-refractivity contribution in [2.45, 2.75) is 76.9 Å². The van der Waals surface area contributed by atoms with Crippen LogP contribution < -0.4 is 10.2 Å². The molecule has 0 aliphatic carbocycles. The monoisotopic (exact) mass is 556 g/mol. The van der Waals surface area contributed by atoms with Gasteiger partial charge in [-0.05, 0) is 74.2 Å². The van der Waals surface area contributed by atoms with E-state index < -0.39 is 66.0 Å². The van der Waals surface area contributed by atoms with Crippen molar-refractivity contribution in [1.82, 2.24) is 5.32 Å². The Morgan fingerprint density at radius 1 is 0.921 bits per heavy atom. The number of hydrogen-bond donors (Lipinski definition) is 1. The third kappa shape index (κ3) is 6.72. The smallest absolute Gasteiger partial charge is 0.416 e. The van der Waals surface area contributed by atoms with Crippen LogP contribution in [-0.2, 0) is 29.8 Å². The Morgan fingerprint density at radius 2 is 1.47 bits per heavy atom. The summed E-state index contributed by atoms with van der Waals surface area (Å²) in [5, 5.41) is 2.81. The minimum Gasteiger partial charge on any atom is -0.446 e. The molecule has 0 saturated carbocycles. The van der Waals surface area contributed by atoms with E-state index in [0.717, 1.165) is 18.2 Å². The molecule has 0 saturated heterocycles. The fraction of sp³-hybridized carbons (Fsp3) is 0.480. The molecule has 13 heteroatoms. The number of halogens is 9.